The van der Waals surface area contributed by atoms with Gasteiger partial charge in [0, 0.05) is 16.3 Å². The van der Waals surface area contributed by atoms with Crippen LogP contribution in [0.15, 0.2) is 71.3 Å². The molecule has 1 spiro atoms. The maximum absolute atomic E-state index is 14.3. The van der Waals surface area contributed by atoms with Crippen molar-refractivity contribution in [2.24, 2.45) is 5.73 Å². The number of rotatable bonds is 5. The first-order chi connectivity index (χ1) is 16.8. The average Bonchev–Trinajstić information content (AvgIpc) is 3.08. The van der Waals surface area contributed by atoms with Crippen LogP contribution in [0, 0.1) is 11.3 Å². The number of anilines is 1. The Morgan fingerprint density at radius 1 is 1.14 bits per heavy atom. The normalized spacial score (nSPS) is 18.8. The molecule has 35 heavy (non-hydrogen) atoms. The predicted molar refractivity (Wildman–Crippen MR) is 124 cm³/mol. The molecule has 2 aromatic rings. The fourth-order valence-electron chi connectivity index (χ4n) is 4.48. The van der Waals surface area contributed by atoms with Crippen LogP contribution in [0.25, 0.3) is 0 Å². The molecular weight excluding hydrogens is 474 g/mol. The number of esters is 2. The Bertz CT molecular complexity index is 1360. The summed E-state index contributed by atoms with van der Waals surface area (Å²) in [6, 6.07) is 15.7. The fraction of sp³-hybridized carbons (Fsp3) is 0.200. The Balaban J connectivity index is 2.03. The minimum Gasteiger partial charge on any atom is -0.469 e. The Labute approximate surface area is 205 Å². The SMILES string of the molecule is COC(=O)CC1=C(C(=O)OC)C2(C(=O)N(Cc3ccccc3Cl)c3ccccc32)C(C#N)=C(N)O1. The summed E-state index contributed by atoms with van der Waals surface area (Å²) >= 11 is 6.36. The molecule has 1 atom stereocenters. The topological polar surface area (TPSA) is 132 Å². The van der Waals surface area contributed by atoms with Crippen LogP contribution in [-0.2, 0) is 40.6 Å². The van der Waals surface area contributed by atoms with Gasteiger partial charge in [-0.3, -0.25) is 9.59 Å². The zero-order chi connectivity index (χ0) is 25.3. The van der Waals surface area contributed by atoms with Gasteiger partial charge in [0.1, 0.15) is 29.4 Å². The van der Waals surface area contributed by atoms with Crippen LogP contribution in [0.3, 0.4) is 0 Å². The lowest BCUT2D eigenvalue weighted by Gasteiger charge is -2.35. The maximum atomic E-state index is 14.3. The Hall–Kier alpha value is -4.29. The predicted octanol–water partition coefficient (Wildman–Crippen LogP) is 2.84. The van der Waals surface area contributed by atoms with Gasteiger partial charge in [0.2, 0.25) is 11.8 Å². The summed E-state index contributed by atoms with van der Waals surface area (Å²) in [6.07, 6.45) is -0.512. The third-order valence-electron chi connectivity index (χ3n) is 5.99. The van der Waals surface area contributed by atoms with Crippen LogP contribution in [0.1, 0.15) is 17.5 Å². The number of nitriles is 1. The number of halogens is 1. The van der Waals surface area contributed by atoms with Gasteiger partial charge in [0.05, 0.1) is 20.8 Å². The van der Waals surface area contributed by atoms with Crippen molar-refractivity contribution in [3.8, 4) is 6.07 Å². The molecule has 0 bridgehead atoms. The van der Waals surface area contributed by atoms with Crippen molar-refractivity contribution >= 4 is 35.1 Å². The first-order valence-electron chi connectivity index (χ1n) is 10.4. The number of hydrogen-bond acceptors (Lipinski definition) is 8. The number of hydrogen-bond donors (Lipinski definition) is 1. The lowest BCUT2D eigenvalue weighted by Crippen LogP contribution is -2.48. The van der Waals surface area contributed by atoms with Crippen LogP contribution in [-0.4, -0.2) is 32.1 Å². The fourth-order valence-corrected chi connectivity index (χ4v) is 4.68. The van der Waals surface area contributed by atoms with Crippen LogP contribution < -0.4 is 10.6 Å². The van der Waals surface area contributed by atoms with Crippen molar-refractivity contribution in [2.45, 2.75) is 18.4 Å². The summed E-state index contributed by atoms with van der Waals surface area (Å²) in [5.41, 5.74) is 4.92. The molecule has 1 unspecified atom stereocenters. The first-order valence-corrected chi connectivity index (χ1v) is 10.8. The third kappa shape index (κ3) is 3.59. The van der Waals surface area contributed by atoms with Crippen molar-refractivity contribution in [3.63, 3.8) is 0 Å². The van der Waals surface area contributed by atoms with Gasteiger partial charge < -0.3 is 24.8 Å². The summed E-state index contributed by atoms with van der Waals surface area (Å²) in [5, 5.41) is 10.6. The molecule has 1 amide bonds. The number of ether oxygens (including phenoxy) is 3. The van der Waals surface area contributed by atoms with Crippen LogP contribution in [0.5, 0.6) is 0 Å². The van der Waals surface area contributed by atoms with E-state index in [4.69, 9.17) is 31.5 Å². The number of nitrogens with zero attached hydrogens (tertiary/aromatic N) is 2. The third-order valence-corrected chi connectivity index (χ3v) is 6.36. The molecule has 178 valence electrons. The van der Waals surface area contributed by atoms with Crippen LogP contribution in [0.2, 0.25) is 5.02 Å². The van der Waals surface area contributed by atoms with E-state index in [9.17, 15) is 19.6 Å². The summed E-state index contributed by atoms with van der Waals surface area (Å²) in [6.45, 7) is 0.0531. The van der Waals surface area contributed by atoms with Gasteiger partial charge in [-0.25, -0.2) is 4.79 Å². The van der Waals surface area contributed by atoms with Gasteiger partial charge in [-0.2, -0.15) is 5.26 Å². The molecule has 0 aliphatic carbocycles. The van der Waals surface area contributed by atoms with Gasteiger partial charge >= 0.3 is 11.9 Å². The van der Waals surface area contributed by atoms with Crippen molar-refractivity contribution in [1.29, 1.82) is 5.26 Å². The minimum atomic E-state index is -1.99. The number of methoxy groups -OCH3 is 2. The van der Waals surface area contributed by atoms with Crippen molar-refractivity contribution in [3.05, 3.63) is 87.5 Å². The summed E-state index contributed by atoms with van der Waals surface area (Å²) in [5.74, 6) is -2.96. The van der Waals surface area contributed by atoms with E-state index < -0.39 is 35.6 Å². The highest BCUT2D eigenvalue weighted by Crippen LogP contribution is 2.54. The molecule has 0 saturated heterocycles. The Kier molecular flexibility index (Phi) is 6.24. The quantitative estimate of drug-likeness (QED) is 0.629. The maximum Gasteiger partial charge on any atom is 0.339 e. The number of amides is 1. The van der Waals surface area contributed by atoms with Gasteiger partial charge in [0.25, 0.3) is 0 Å². The summed E-state index contributed by atoms with van der Waals surface area (Å²) in [4.78, 5) is 41.1. The standard InChI is InChI=1S/C25H20ClN3O6/c1-33-20(30)11-19-21(23(31)34-2)25(16(12-27)22(28)35-19)15-8-4-6-10-18(15)29(24(25)32)13-14-7-3-5-9-17(14)26/h3-10H,11,13,28H2,1-2H3. The lowest BCUT2D eigenvalue weighted by molar-refractivity contribution is -0.141. The molecule has 2 aromatic carbocycles. The van der Waals surface area contributed by atoms with E-state index in [1.165, 1.54) is 12.0 Å². The number of carbonyl (C=O) groups is 3. The summed E-state index contributed by atoms with van der Waals surface area (Å²) < 4.78 is 15.3. The van der Waals surface area contributed by atoms with E-state index in [1.807, 2.05) is 6.07 Å². The van der Waals surface area contributed by atoms with E-state index in [1.54, 1.807) is 48.5 Å². The summed E-state index contributed by atoms with van der Waals surface area (Å²) in [7, 11) is 2.29. The largest absolute Gasteiger partial charge is 0.469 e. The van der Waals surface area contributed by atoms with E-state index in [0.29, 0.717) is 21.8 Å². The number of para-hydroxylation sites is 1. The van der Waals surface area contributed by atoms with E-state index in [-0.39, 0.29) is 23.5 Å². The number of fused-ring (bicyclic) bond motifs is 2. The van der Waals surface area contributed by atoms with Gasteiger partial charge in [0.15, 0.2) is 5.41 Å². The molecule has 9 nitrogen and oxygen atoms in total. The van der Waals surface area contributed by atoms with Crippen LogP contribution >= 0.6 is 11.6 Å². The molecule has 2 heterocycles. The number of nitrogens with two attached hydrogens (primary N) is 1. The smallest absolute Gasteiger partial charge is 0.339 e. The lowest BCUT2D eigenvalue weighted by atomic mass is 9.68. The highest BCUT2D eigenvalue weighted by Gasteiger charge is 2.62. The van der Waals surface area contributed by atoms with Gasteiger partial charge in [-0.1, -0.05) is 48.0 Å². The number of benzene rings is 2. The van der Waals surface area contributed by atoms with Crippen molar-refractivity contribution < 1.29 is 28.6 Å². The molecule has 2 aliphatic heterocycles. The molecule has 4 rings (SSSR count). The second-order valence-electron chi connectivity index (χ2n) is 7.75. The molecule has 0 fully saturated rings. The Morgan fingerprint density at radius 3 is 2.49 bits per heavy atom. The van der Waals surface area contributed by atoms with E-state index in [2.05, 4.69) is 0 Å². The van der Waals surface area contributed by atoms with E-state index in [0.717, 1.165) is 7.11 Å². The average molecular weight is 494 g/mol. The molecule has 0 saturated carbocycles. The number of carbonyl (C=O) groups excluding carboxylic acids is 3. The zero-order valence-corrected chi connectivity index (χ0v) is 19.6. The van der Waals surface area contributed by atoms with Gasteiger partial charge in [-0.15, -0.1) is 0 Å². The molecule has 2 aliphatic rings. The highest BCUT2D eigenvalue weighted by molar-refractivity contribution is 6.31. The van der Waals surface area contributed by atoms with E-state index >= 15 is 0 Å². The van der Waals surface area contributed by atoms with Crippen LogP contribution in [0.4, 0.5) is 5.69 Å². The second kappa shape index (κ2) is 9.16. The minimum absolute atomic E-state index is 0.0531. The zero-order valence-electron chi connectivity index (χ0n) is 18.8. The molecular formula is C25H20ClN3O6. The molecule has 0 radical (unpaired) electrons. The van der Waals surface area contributed by atoms with Crippen molar-refractivity contribution in [2.75, 3.05) is 19.1 Å². The molecule has 0 aromatic heterocycles. The monoisotopic (exact) mass is 493 g/mol. The highest BCUT2D eigenvalue weighted by atomic mass is 35.5. The first kappa shape index (κ1) is 23.9. The second-order valence-corrected chi connectivity index (χ2v) is 8.15. The van der Waals surface area contributed by atoms with Crippen molar-refractivity contribution in [1.82, 2.24) is 0 Å². The molecule has 2 N–H and O–H groups in total. The van der Waals surface area contributed by atoms with Gasteiger partial charge in [-0.05, 0) is 17.7 Å². The molecule has 10 heteroatoms. The Morgan fingerprint density at radius 2 is 1.83 bits per heavy atom.